The van der Waals surface area contributed by atoms with Crippen molar-refractivity contribution >= 4 is 46.1 Å². The Morgan fingerprint density at radius 2 is 2.00 bits per heavy atom. The highest BCUT2D eigenvalue weighted by Crippen LogP contribution is 2.30. The summed E-state index contributed by atoms with van der Waals surface area (Å²) in [6, 6.07) is 12.8. The number of fused-ring (bicyclic) bond motifs is 3. The lowest BCUT2D eigenvalue weighted by atomic mass is 10.3. The van der Waals surface area contributed by atoms with E-state index >= 15 is 0 Å². The minimum Gasteiger partial charge on any atom is -0.479 e. The summed E-state index contributed by atoms with van der Waals surface area (Å²) in [6.45, 7) is 3.00. The summed E-state index contributed by atoms with van der Waals surface area (Å²) in [5.74, 6) is 0.934. The van der Waals surface area contributed by atoms with Crippen LogP contribution in [0.1, 0.15) is 6.92 Å². The van der Waals surface area contributed by atoms with Crippen molar-refractivity contribution in [1.29, 1.82) is 0 Å². The van der Waals surface area contributed by atoms with E-state index in [2.05, 4.69) is 9.55 Å². The predicted octanol–water partition coefficient (Wildman–Crippen LogP) is 4.16. The topological polar surface area (TPSA) is 47.4 Å². The van der Waals surface area contributed by atoms with E-state index in [9.17, 15) is 4.79 Å². The molecule has 0 aliphatic carbocycles. The number of hydrogen-bond acceptors (Lipinski definition) is 3. The third kappa shape index (κ3) is 2.83. The van der Waals surface area contributed by atoms with Gasteiger partial charge in [-0.05, 0) is 37.3 Å². The number of aromatic nitrogens is 2. The summed E-state index contributed by atoms with van der Waals surface area (Å²) >= 11 is 12.0. The third-order valence-electron chi connectivity index (χ3n) is 4.23. The van der Waals surface area contributed by atoms with E-state index in [1.54, 1.807) is 30.0 Å². The first kappa shape index (κ1) is 16.2. The summed E-state index contributed by atoms with van der Waals surface area (Å²) < 4.78 is 7.80. The van der Waals surface area contributed by atoms with Crippen molar-refractivity contribution in [3.8, 4) is 5.75 Å². The van der Waals surface area contributed by atoms with Gasteiger partial charge in [-0.3, -0.25) is 9.69 Å². The number of rotatable bonds is 3. The van der Waals surface area contributed by atoms with Crippen molar-refractivity contribution in [3.63, 3.8) is 0 Å². The number of nitrogens with zero attached hydrogens (tertiary/aromatic N) is 3. The quantitative estimate of drug-likeness (QED) is 0.690. The molecule has 0 saturated carbocycles. The maximum Gasteiger partial charge on any atom is 0.270 e. The number of hydrogen-bond donors (Lipinski definition) is 0. The normalized spacial score (nSPS) is 14.6. The molecule has 1 unspecified atom stereocenters. The average Bonchev–Trinajstić information content (AvgIpc) is 3.15. The van der Waals surface area contributed by atoms with Crippen molar-refractivity contribution < 1.29 is 9.53 Å². The average molecular weight is 376 g/mol. The highest BCUT2D eigenvalue weighted by atomic mass is 35.5. The van der Waals surface area contributed by atoms with Crippen molar-refractivity contribution in [2.75, 3.05) is 11.4 Å². The fourth-order valence-electron chi connectivity index (χ4n) is 3.03. The van der Waals surface area contributed by atoms with Gasteiger partial charge in [-0.2, -0.15) is 0 Å². The summed E-state index contributed by atoms with van der Waals surface area (Å²) in [5, 5.41) is 0.894. The summed E-state index contributed by atoms with van der Waals surface area (Å²) in [5.41, 5.74) is 1.91. The van der Waals surface area contributed by atoms with Gasteiger partial charge in [-0.1, -0.05) is 35.3 Å². The van der Waals surface area contributed by atoms with Crippen molar-refractivity contribution in [2.45, 2.75) is 19.6 Å². The van der Waals surface area contributed by atoms with Crippen LogP contribution in [-0.2, 0) is 11.3 Å². The molecule has 25 heavy (non-hydrogen) atoms. The molecular weight excluding hydrogens is 361 g/mol. The summed E-state index contributed by atoms with van der Waals surface area (Å²) in [4.78, 5) is 19.1. The van der Waals surface area contributed by atoms with E-state index in [4.69, 9.17) is 27.9 Å². The minimum absolute atomic E-state index is 0.153. The Morgan fingerprint density at radius 1 is 1.20 bits per heavy atom. The van der Waals surface area contributed by atoms with Gasteiger partial charge in [-0.25, -0.2) is 4.98 Å². The highest BCUT2D eigenvalue weighted by Gasteiger charge is 2.32. The van der Waals surface area contributed by atoms with Gasteiger partial charge in [0, 0.05) is 18.1 Å². The van der Waals surface area contributed by atoms with E-state index in [0.29, 0.717) is 28.3 Å². The number of para-hydroxylation sites is 2. The summed E-state index contributed by atoms with van der Waals surface area (Å²) in [7, 11) is 0. The number of carbonyl (C=O) groups is 1. The molecule has 0 N–H and O–H groups in total. The van der Waals surface area contributed by atoms with E-state index in [0.717, 1.165) is 17.6 Å². The molecule has 2 heterocycles. The molecule has 7 heteroatoms. The van der Waals surface area contributed by atoms with Gasteiger partial charge in [0.15, 0.2) is 6.10 Å². The van der Waals surface area contributed by atoms with Crippen LogP contribution in [0.4, 0.5) is 5.95 Å². The van der Waals surface area contributed by atoms with E-state index in [-0.39, 0.29) is 5.91 Å². The van der Waals surface area contributed by atoms with E-state index < -0.39 is 6.10 Å². The number of ether oxygens (including phenoxy) is 1. The second-order valence-corrected chi connectivity index (χ2v) is 6.72. The molecule has 1 aromatic heterocycles. The van der Waals surface area contributed by atoms with Gasteiger partial charge in [0.05, 0.1) is 16.1 Å². The standard InChI is InChI=1S/C18H15Cl2N3O2/c1-11(25-16-7-6-12(19)10-13(16)20)17(24)23-9-8-22-15-5-3-2-4-14(15)21-18(22)23/h2-7,10-11H,8-9H2,1H3. The van der Waals surface area contributed by atoms with Gasteiger partial charge >= 0.3 is 0 Å². The Balaban J connectivity index is 1.58. The number of halogens is 2. The molecule has 2 aromatic carbocycles. The fraction of sp³-hybridized carbons (Fsp3) is 0.222. The maximum atomic E-state index is 12.8. The number of imidazole rings is 1. The van der Waals surface area contributed by atoms with Gasteiger partial charge in [0.25, 0.3) is 5.91 Å². The van der Waals surface area contributed by atoms with Crippen molar-refractivity contribution in [1.82, 2.24) is 9.55 Å². The maximum absolute atomic E-state index is 12.8. The second-order valence-electron chi connectivity index (χ2n) is 5.88. The number of benzene rings is 2. The lowest BCUT2D eigenvalue weighted by Gasteiger charge is -2.20. The Labute approximate surface area is 154 Å². The molecule has 1 atom stereocenters. The Morgan fingerprint density at radius 3 is 2.80 bits per heavy atom. The second kappa shape index (κ2) is 6.24. The van der Waals surface area contributed by atoms with Gasteiger partial charge in [0.2, 0.25) is 5.95 Å². The molecule has 1 amide bonds. The molecule has 0 saturated heterocycles. The van der Waals surface area contributed by atoms with Crippen LogP contribution in [0, 0.1) is 0 Å². The van der Waals surface area contributed by atoms with Crippen molar-refractivity contribution in [3.05, 3.63) is 52.5 Å². The predicted molar refractivity (Wildman–Crippen MR) is 98.6 cm³/mol. The largest absolute Gasteiger partial charge is 0.479 e. The lowest BCUT2D eigenvalue weighted by molar-refractivity contribution is -0.124. The van der Waals surface area contributed by atoms with Crippen LogP contribution in [-0.4, -0.2) is 28.1 Å². The molecule has 0 bridgehead atoms. The highest BCUT2D eigenvalue weighted by molar-refractivity contribution is 6.35. The molecule has 0 radical (unpaired) electrons. The number of carbonyl (C=O) groups excluding carboxylic acids is 1. The lowest BCUT2D eigenvalue weighted by Crippen LogP contribution is -2.39. The molecule has 0 fully saturated rings. The smallest absolute Gasteiger partial charge is 0.270 e. The van der Waals surface area contributed by atoms with E-state index in [1.807, 2.05) is 24.3 Å². The third-order valence-corrected chi connectivity index (χ3v) is 4.76. The molecular formula is C18H15Cl2N3O2. The van der Waals surface area contributed by atoms with Crippen LogP contribution in [0.2, 0.25) is 10.0 Å². The Bertz CT molecular complexity index is 970. The Kier molecular flexibility index (Phi) is 4.06. The number of amides is 1. The zero-order chi connectivity index (χ0) is 17.6. The van der Waals surface area contributed by atoms with Gasteiger partial charge in [-0.15, -0.1) is 0 Å². The van der Waals surface area contributed by atoms with Crippen LogP contribution in [0.3, 0.4) is 0 Å². The molecule has 1 aliphatic rings. The van der Waals surface area contributed by atoms with Crippen LogP contribution in [0.15, 0.2) is 42.5 Å². The monoisotopic (exact) mass is 375 g/mol. The molecule has 4 rings (SSSR count). The molecule has 1 aliphatic heterocycles. The van der Waals surface area contributed by atoms with Crippen LogP contribution in [0.5, 0.6) is 5.75 Å². The van der Waals surface area contributed by atoms with Crippen LogP contribution >= 0.6 is 23.2 Å². The van der Waals surface area contributed by atoms with Crippen LogP contribution < -0.4 is 9.64 Å². The van der Waals surface area contributed by atoms with Crippen LogP contribution in [0.25, 0.3) is 11.0 Å². The van der Waals surface area contributed by atoms with Gasteiger partial charge in [0.1, 0.15) is 5.75 Å². The SMILES string of the molecule is CC(Oc1ccc(Cl)cc1Cl)C(=O)N1CCn2c1nc1ccccc12. The molecule has 0 spiro atoms. The number of anilines is 1. The molecule has 5 nitrogen and oxygen atoms in total. The first-order valence-electron chi connectivity index (χ1n) is 7.93. The zero-order valence-electron chi connectivity index (χ0n) is 13.4. The first-order valence-corrected chi connectivity index (χ1v) is 8.68. The summed E-state index contributed by atoms with van der Waals surface area (Å²) in [6.07, 6.45) is -0.690. The Hall–Kier alpha value is -2.24. The van der Waals surface area contributed by atoms with E-state index in [1.165, 1.54) is 0 Å². The van der Waals surface area contributed by atoms with Crippen molar-refractivity contribution in [2.24, 2.45) is 0 Å². The molecule has 128 valence electrons. The first-order chi connectivity index (χ1) is 12.0. The zero-order valence-corrected chi connectivity index (χ0v) is 15.0. The fourth-order valence-corrected chi connectivity index (χ4v) is 3.48. The van der Waals surface area contributed by atoms with Gasteiger partial charge < -0.3 is 9.30 Å². The minimum atomic E-state index is -0.690. The molecule has 3 aromatic rings.